The number of carbonyl (C=O) groups excluding carboxylic acids is 1. The maximum Gasteiger partial charge on any atom is 0.271 e. The maximum absolute atomic E-state index is 12.4. The molecule has 0 bridgehead atoms. The number of hydrazine groups is 1. The normalized spacial score (nSPS) is 10.3. The van der Waals surface area contributed by atoms with Gasteiger partial charge in [-0.3, -0.25) is 15.6 Å². The van der Waals surface area contributed by atoms with Crippen LogP contribution in [0.25, 0.3) is 22.3 Å². The van der Waals surface area contributed by atoms with Crippen LogP contribution >= 0.6 is 12.2 Å². The lowest BCUT2D eigenvalue weighted by Gasteiger charge is -2.11. The van der Waals surface area contributed by atoms with Gasteiger partial charge in [-0.15, -0.1) is 0 Å². The van der Waals surface area contributed by atoms with Crippen LogP contribution in [-0.4, -0.2) is 21.0 Å². The average molecular weight is 323 g/mol. The number of hydrogen-bond donors (Lipinski definition) is 3. The Kier molecular flexibility index (Phi) is 4.11. The standard InChI is InChI=1S/C16H13N5OS/c17-16(23)21-20-15(22)12-9-11-7-4-8-18-14(11)19-13(12)10-5-2-1-3-6-10/h1-9H,(H,20,22)(H3,17,21,23). The molecule has 2 heterocycles. The zero-order valence-electron chi connectivity index (χ0n) is 12.0. The lowest BCUT2D eigenvalue weighted by Crippen LogP contribution is -2.44. The third-order valence-electron chi connectivity index (χ3n) is 3.18. The lowest BCUT2D eigenvalue weighted by atomic mass is 10.0. The molecule has 0 saturated heterocycles. The van der Waals surface area contributed by atoms with Gasteiger partial charge in [0.25, 0.3) is 5.91 Å². The van der Waals surface area contributed by atoms with Gasteiger partial charge in [-0.05, 0) is 30.4 Å². The molecule has 2 aromatic heterocycles. The second-order valence-electron chi connectivity index (χ2n) is 4.74. The van der Waals surface area contributed by atoms with Crippen molar-refractivity contribution in [2.24, 2.45) is 5.73 Å². The number of pyridine rings is 2. The van der Waals surface area contributed by atoms with Gasteiger partial charge in [-0.1, -0.05) is 30.3 Å². The van der Waals surface area contributed by atoms with Gasteiger partial charge < -0.3 is 5.73 Å². The number of nitrogens with one attached hydrogen (secondary N) is 2. The van der Waals surface area contributed by atoms with E-state index in [0.717, 1.165) is 10.9 Å². The summed E-state index contributed by atoms with van der Waals surface area (Å²) < 4.78 is 0. The molecule has 0 radical (unpaired) electrons. The molecular weight excluding hydrogens is 310 g/mol. The fourth-order valence-corrected chi connectivity index (χ4v) is 2.23. The molecule has 23 heavy (non-hydrogen) atoms. The van der Waals surface area contributed by atoms with Crippen molar-refractivity contribution in [3.05, 3.63) is 60.3 Å². The number of rotatable bonds is 2. The molecule has 3 aromatic rings. The summed E-state index contributed by atoms with van der Waals surface area (Å²) in [5, 5.41) is 0.752. The Labute approximate surface area is 137 Å². The van der Waals surface area contributed by atoms with Crippen molar-refractivity contribution in [1.82, 2.24) is 20.8 Å². The Morgan fingerprint density at radius 3 is 2.61 bits per heavy atom. The van der Waals surface area contributed by atoms with E-state index in [4.69, 9.17) is 18.0 Å². The van der Waals surface area contributed by atoms with Crippen LogP contribution in [0.4, 0.5) is 0 Å². The van der Waals surface area contributed by atoms with Crippen molar-refractivity contribution < 1.29 is 4.79 Å². The minimum Gasteiger partial charge on any atom is -0.375 e. The highest BCUT2D eigenvalue weighted by Gasteiger charge is 2.16. The summed E-state index contributed by atoms with van der Waals surface area (Å²) in [7, 11) is 0. The van der Waals surface area contributed by atoms with E-state index in [1.807, 2.05) is 36.4 Å². The number of carbonyl (C=O) groups is 1. The molecule has 4 N–H and O–H groups in total. The molecule has 0 aliphatic heterocycles. The van der Waals surface area contributed by atoms with Gasteiger partial charge in [0.15, 0.2) is 10.8 Å². The number of nitrogens with two attached hydrogens (primary N) is 1. The van der Waals surface area contributed by atoms with Crippen LogP contribution in [0.3, 0.4) is 0 Å². The fraction of sp³-hybridized carbons (Fsp3) is 0. The quantitative estimate of drug-likeness (QED) is 0.492. The summed E-state index contributed by atoms with van der Waals surface area (Å²) in [5.74, 6) is -0.380. The molecule has 0 unspecified atom stereocenters. The minimum atomic E-state index is -0.380. The Morgan fingerprint density at radius 1 is 1.09 bits per heavy atom. The molecule has 0 aliphatic rings. The highest BCUT2D eigenvalue weighted by molar-refractivity contribution is 7.80. The summed E-state index contributed by atoms with van der Waals surface area (Å²) in [6, 6.07) is 14.8. The largest absolute Gasteiger partial charge is 0.375 e. The van der Waals surface area contributed by atoms with Crippen molar-refractivity contribution in [2.45, 2.75) is 0 Å². The first-order valence-corrected chi connectivity index (χ1v) is 7.23. The first-order chi connectivity index (χ1) is 11.1. The molecule has 0 aliphatic carbocycles. The lowest BCUT2D eigenvalue weighted by molar-refractivity contribution is 0.0944. The molecule has 7 heteroatoms. The molecule has 114 valence electrons. The fourth-order valence-electron chi connectivity index (χ4n) is 2.18. The number of thiocarbonyl (C=S) groups is 1. The molecule has 1 amide bonds. The van der Waals surface area contributed by atoms with E-state index in [2.05, 4.69) is 20.8 Å². The van der Waals surface area contributed by atoms with Gasteiger partial charge in [-0.2, -0.15) is 0 Å². The monoisotopic (exact) mass is 323 g/mol. The zero-order chi connectivity index (χ0) is 16.2. The van der Waals surface area contributed by atoms with Crippen LogP contribution < -0.4 is 16.6 Å². The van der Waals surface area contributed by atoms with Crippen LogP contribution in [0.15, 0.2) is 54.7 Å². The summed E-state index contributed by atoms with van der Waals surface area (Å²) in [6.07, 6.45) is 1.66. The van der Waals surface area contributed by atoms with E-state index < -0.39 is 0 Å². The van der Waals surface area contributed by atoms with E-state index in [9.17, 15) is 4.79 Å². The van der Waals surface area contributed by atoms with Gasteiger partial charge in [-0.25, -0.2) is 9.97 Å². The van der Waals surface area contributed by atoms with Crippen LogP contribution in [-0.2, 0) is 0 Å². The van der Waals surface area contributed by atoms with Crippen molar-refractivity contribution in [2.75, 3.05) is 0 Å². The molecule has 3 rings (SSSR count). The second kappa shape index (κ2) is 6.37. The Hall–Kier alpha value is -3.06. The maximum atomic E-state index is 12.4. The molecule has 0 fully saturated rings. The van der Waals surface area contributed by atoms with Gasteiger partial charge in [0.05, 0.1) is 11.3 Å². The molecule has 1 aromatic carbocycles. The minimum absolute atomic E-state index is 0.0185. The van der Waals surface area contributed by atoms with E-state index in [1.165, 1.54) is 0 Å². The number of aromatic nitrogens is 2. The molecule has 6 nitrogen and oxygen atoms in total. The number of nitrogens with zero attached hydrogens (tertiary/aromatic N) is 2. The van der Waals surface area contributed by atoms with Crippen LogP contribution in [0.1, 0.15) is 10.4 Å². The first-order valence-electron chi connectivity index (χ1n) is 6.82. The summed E-state index contributed by atoms with van der Waals surface area (Å²) in [5.41, 5.74) is 12.6. The van der Waals surface area contributed by atoms with Crippen molar-refractivity contribution in [3.8, 4) is 11.3 Å². The van der Waals surface area contributed by atoms with Gasteiger partial charge in [0, 0.05) is 17.1 Å². The van der Waals surface area contributed by atoms with Crippen LogP contribution in [0.5, 0.6) is 0 Å². The SMILES string of the molecule is NC(=S)NNC(=O)c1cc2cccnc2nc1-c1ccccc1. The summed E-state index contributed by atoms with van der Waals surface area (Å²) >= 11 is 4.69. The number of hydrogen-bond acceptors (Lipinski definition) is 4. The smallest absolute Gasteiger partial charge is 0.271 e. The second-order valence-corrected chi connectivity index (χ2v) is 5.18. The highest BCUT2D eigenvalue weighted by Crippen LogP contribution is 2.24. The van der Waals surface area contributed by atoms with E-state index in [0.29, 0.717) is 16.9 Å². The molecular formula is C16H13N5OS. The third kappa shape index (κ3) is 3.24. The van der Waals surface area contributed by atoms with E-state index >= 15 is 0 Å². The van der Waals surface area contributed by atoms with Crippen LogP contribution in [0, 0.1) is 0 Å². The molecule has 0 atom stereocenters. The number of amides is 1. The van der Waals surface area contributed by atoms with Gasteiger partial charge >= 0.3 is 0 Å². The van der Waals surface area contributed by atoms with Crippen LogP contribution in [0.2, 0.25) is 0 Å². The van der Waals surface area contributed by atoms with Crippen molar-refractivity contribution in [1.29, 1.82) is 0 Å². The van der Waals surface area contributed by atoms with Crippen molar-refractivity contribution >= 4 is 34.3 Å². The Balaban J connectivity index is 2.13. The predicted molar refractivity (Wildman–Crippen MR) is 92.4 cm³/mol. The number of fused-ring (bicyclic) bond motifs is 1. The average Bonchev–Trinajstić information content (AvgIpc) is 2.59. The van der Waals surface area contributed by atoms with E-state index in [-0.39, 0.29) is 11.0 Å². The van der Waals surface area contributed by atoms with Gasteiger partial charge in [0.2, 0.25) is 0 Å². The number of benzene rings is 1. The van der Waals surface area contributed by atoms with Gasteiger partial charge in [0.1, 0.15) is 0 Å². The summed E-state index contributed by atoms with van der Waals surface area (Å²) in [4.78, 5) is 21.2. The zero-order valence-corrected chi connectivity index (χ0v) is 12.8. The molecule has 0 spiro atoms. The summed E-state index contributed by atoms with van der Waals surface area (Å²) in [6.45, 7) is 0. The third-order valence-corrected chi connectivity index (χ3v) is 3.28. The molecule has 0 saturated carbocycles. The Bertz CT molecular complexity index is 882. The highest BCUT2D eigenvalue weighted by atomic mass is 32.1. The Morgan fingerprint density at radius 2 is 1.87 bits per heavy atom. The predicted octanol–water partition coefficient (Wildman–Crippen LogP) is 1.77. The van der Waals surface area contributed by atoms with E-state index in [1.54, 1.807) is 18.3 Å². The van der Waals surface area contributed by atoms with Crippen molar-refractivity contribution in [3.63, 3.8) is 0 Å². The first kappa shape index (κ1) is 14.9. The topological polar surface area (TPSA) is 92.9 Å².